The summed E-state index contributed by atoms with van der Waals surface area (Å²) in [7, 11) is 2.56. The van der Waals surface area contributed by atoms with Crippen LogP contribution in [0.5, 0.6) is 0 Å². The number of benzene rings is 2. The van der Waals surface area contributed by atoms with Gasteiger partial charge >= 0.3 is 17.6 Å². The Labute approximate surface area is 269 Å². The molecule has 2 aliphatic heterocycles. The second kappa shape index (κ2) is 14.9. The molecule has 3 aromatic rings. The lowest BCUT2D eigenvalue weighted by Gasteiger charge is -2.39. The summed E-state index contributed by atoms with van der Waals surface area (Å²) in [5, 5.41) is 3.15. The van der Waals surface area contributed by atoms with Gasteiger partial charge in [-0.3, -0.25) is 9.80 Å². The van der Waals surface area contributed by atoms with Gasteiger partial charge in [0.15, 0.2) is 7.11 Å². The fraction of sp³-hybridized carbons (Fsp3) is 0.333. The van der Waals surface area contributed by atoms with Crippen LogP contribution in [-0.4, -0.2) is 80.2 Å². The number of dihydropyridines is 1. The molecule has 10 nitrogen and oxygen atoms in total. The molecule has 1 fully saturated rings. The highest BCUT2D eigenvalue weighted by atomic mass is 16.8. The Kier molecular flexibility index (Phi) is 10.5. The van der Waals surface area contributed by atoms with Crippen LogP contribution in [0.2, 0.25) is 0 Å². The third-order valence-electron chi connectivity index (χ3n) is 8.46. The van der Waals surface area contributed by atoms with Crippen molar-refractivity contribution in [2.45, 2.75) is 25.8 Å². The van der Waals surface area contributed by atoms with Crippen molar-refractivity contribution in [3.8, 4) is 0 Å². The molecule has 238 valence electrons. The summed E-state index contributed by atoms with van der Waals surface area (Å²) in [6.45, 7) is 7.58. The first-order valence-electron chi connectivity index (χ1n) is 15.3. The van der Waals surface area contributed by atoms with E-state index in [1.165, 1.54) is 19.8 Å². The number of methoxy groups -OCH3 is 1. The Hall–Kier alpha value is -4.98. The number of allylic oxidation sites excluding steroid dienone is 2. The molecule has 46 heavy (non-hydrogen) atoms. The van der Waals surface area contributed by atoms with Gasteiger partial charge in [0.05, 0.1) is 35.1 Å². The summed E-state index contributed by atoms with van der Waals surface area (Å²) in [4.78, 5) is 48.8. The van der Waals surface area contributed by atoms with E-state index in [0.29, 0.717) is 28.4 Å². The number of hydrogen-bond acceptors (Lipinski definition) is 9. The maximum Gasteiger partial charge on any atom is 0.336 e. The first kappa shape index (κ1) is 32.4. The van der Waals surface area contributed by atoms with Crippen LogP contribution in [0, 0.1) is 17.0 Å². The Balaban J connectivity index is 1.26. The summed E-state index contributed by atoms with van der Waals surface area (Å²) >= 11 is 0. The molecule has 0 spiro atoms. The largest absolute Gasteiger partial charge is 0.466 e. The monoisotopic (exact) mass is 623 g/mol. The van der Waals surface area contributed by atoms with Crippen LogP contribution < -0.4 is 5.32 Å². The minimum Gasteiger partial charge on any atom is -0.466 e. The van der Waals surface area contributed by atoms with E-state index < -0.39 is 17.9 Å². The molecule has 2 unspecified atom stereocenters. The first-order valence-corrected chi connectivity index (χ1v) is 15.3. The van der Waals surface area contributed by atoms with Crippen LogP contribution in [0.3, 0.4) is 0 Å². The summed E-state index contributed by atoms with van der Waals surface area (Å²) in [5.41, 5.74) is 4.75. The topological polar surface area (TPSA) is 100 Å². The molecule has 2 atom stereocenters. The average Bonchev–Trinajstić information content (AvgIpc) is 3.09. The SMILES string of the molecule is COC(=O)C1=C(C)NC(C)=C(C(=O)OCCN2CCN(C(c3c#cccc3)c3ccccc3)CC2)C1c1cccc([N+](=O)OC)c1. The highest BCUT2D eigenvalue weighted by Gasteiger charge is 2.38. The molecular formula is C36H39N4O6+. The predicted molar refractivity (Wildman–Crippen MR) is 171 cm³/mol. The Morgan fingerprint density at radius 2 is 1.65 bits per heavy atom. The van der Waals surface area contributed by atoms with E-state index in [4.69, 9.17) is 14.3 Å². The van der Waals surface area contributed by atoms with Gasteiger partial charge in [0.2, 0.25) is 0 Å². The zero-order valence-corrected chi connectivity index (χ0v) is 26.6. The highest BCUT2D eigenvalue weighted by Crippen LogP contribution is 2.40. The fourth-order valence-corrected chi connectivity index (χ4v) is 6.24. The van der Waals surface area contributed by atoms with E-state index in [1.807, 2.05) is 18.2 Å². The lowest BCUT2D eigenvalue weighted by Crippen LogP contribution is -2.48. The van der Waals surface area contributed by atoms with Gasteiger partial charge in [-0.1, -0.05) is 60.7 Å². The van der Waals surface area contributed by atoms with Crippen molar-refractivity contribution in [3.63, 3.8) is 0 Å². The number of nitrogens with one attached hydrogen (secondary N) is 1. The Bertz CT molecular complexity index is 1570. The van der Waals surface area contributed by atoms with Crippen molar-refractivity contribution in [2.75, 3.05) is 53.6 Å². The normalized spacial score (nSPS) is 17.3. The molecule has 1 N–H and O–H groups in total. The van der Waals surface area contributed by atoms with Gasteiger partial charge in [0.25, 0.3) is 4.92 Å². The third-order valence-corrected chi connectivity index (χ3v) is 8.46. The van der Waals surface area contributed by atoms with Crippen LogP contribution in [0.25, 0.3) is 0 Å². The van der Waals surface area contributed by atoms with Gasteiger partial charge in [-0.2, -0.15) is 0 Å². The van der Waals surface area contributed by atoms with Crippen molar-refractivity contribution in [1.82, 2.24) is 15.1 Å². The molecular weight excluding hydrogens is 584 g/mol. The van der Waals surface area contributed by atoms with Crippen LogP contribution in [0.4, 0.5) is 5.69 Å². The smallest absolute Gasteiger partial charge is 0.336 e. The lowest BCUT2D eigenvalue weighted by molar-refractivity contribution is -0.736. The van der Waals surface area contributed by atoms with Crippen LogP contribution in [-0.2, 0) is 23.9 Å². The Morgan fingerprint density at radius 1 is 0.935 bits per heavy atom. The summed E-state index contributed by atoms with van der Waals surface area (Å²) in [6, 6.07) is 29.5. The van der Waals surface area contributed by atoms with E-state index in [2.05, 4.69) is 57.6 Å². The first-order chi connectivity index (χ1) is 22.3. The number of nitrogens with zero attached hydrogens (tertiary/aromatic N) is 3. The van der Waals surface area contributed by atoms with Gasteiger partial charge in [-0.25, -0.2) is 14.4 Å². The fourth-order valence-electron chi connectivity index (χ4n) is 6.24. The van der Waals surface area contributed by atoms with Gasteiger partial charge in [-0.05, 0) is 37.1 Å². The number of carbonyl (C=O) groups is 2. The number of esters is 2. The molecule has 0 radical (unpaired) electrons. The van der Waals surface area contributed by atoms with Crippen LogP contribution in [0.15, 0.2) is 95.3 Å². The molecule has 0 saturated carbocycles. The third kappa shape index (κ3) is 7.12. The van der Waals surface area contributed by atoms with E-state index in [1.54, 1.807) is 38.1 Å². The van der Waals surface area contributed by atoms with E-state index in [0.717, 1.165) is 31.7 Å². The average molecular weight is 624 g/mol. The molecule has 10 heteroatoms. The second-order valence-corrected chi connectivity index (χ2v) is 11.2. The van der Waals surface area contributed by atoms with Crippen LogP contribution in [0.1, 0.15) is 42.5 Å². The number of piperazine rings is 1. The predicted octanol–water partition coefficient (Wildman–Crippen LogP) is 4.62. The van der Waals surface area contributed by atoms with Crippen molar-refractivity contribution < 1.29 is 28.8 Å². The molecule has 5 rings (SSSR count). The highest BCUT2D eigenvalue weighted by molar-refractivity contribution is 5.99. The van der Waals surface area contributed by atoms with E-state index >= 15 is 0 Å². The number of carbonyl (C=O) groups excluding carboxylic acids is 2. The van der Waals surface area contributed by atoms with Crippen LogP contribution >= 0.6 is 0 Å². The van der Waals surface area contributed by atoms with Gasteiger partial charge in [-0.15, -0.1) is 0 Å². The summed E-state index contributed by atoms with van der Waals surface area (Å²) < 4.78 is 10.9. The molecule has 2 heterocycles. The molecule has 0 aromatic heterocycles. The quantitative estimate of drug-likeness (QED) is 0.242. The van der Waals surface area contributed by atoms with Crippen molar-refractivity contribution in [2.24, 2.45) is 0 Å². The van der Waals surface area contributed by atoms with Gasteiger partial charge in [0, 0.05) is 61.8 Å². The summed E-state index contributed by atoms with van der Waals surface area (Å²) in [5.74, 6) is -1.93. The lowest BCUT2D eigenvalue weighted by atomic mass is 9.80. The molecule has 0 aliphatic carbocycles. The van der Waals surface area contributed by atoms with Crippen molar-refractivity contribution in [3.05, 3.63) is 129 Å². The molecule has 0 amide bonds. The maximum atomic E-state index is 13.7. The second-order valence-electron chi connectivity index (χ2n) is 11.2. The van der Waals surface area contributed by atoms with Crippen molar-refractivity contribution >= 4 is 17.6 Å². The number of rotatable bonds is 11. The molecule has 3 aromatic carbocycles. The van der Waals surface area contributed by atoms with E-state index in [-0.39, 0.29) is 29.5 Å². The van der Waals surface area contributed by atoms with Gasteiger partial charge < -0.3 is 14.8 Å². The standard InChI is InChI=1S/C36H38N4O6/c1-25-31(35(41)44-3)33(29-16-11-17-30(24-29)40(43)45-4)32(26(2)37-25)36(42)46-23-22-38-18-20-39(21-19-38)34(27-12-7-5-8-13-27)28-14-9-6-10-15-28/h5-9,11-14,16-17,24,33-34H,18-23H2,1-4H3/p+1. The molecule has 1 saturated heterocycles. The minimum atomic E-state index is -0.808. The van der Waals surface area contributed by atoms with E-state index in [9.17, 15) is 14.5 Å². The zero-order chi connectivity index (χ0) is 32.6. The molecule has 0 bridgehead atoms. The van der Waals surface area contributed by atoms with Crippen molar-refractivity contribution in [1.29, 1.82) is 0 Å². The zero-order valence-electron chi connectivity index (χ0n) is 26.6. The Morgan fingerprint density at radius 3 is 2.30 bits per heavy atom. The number of ether oxygens (including phenoxy) is 2. The maximum absolute atomic E-state index is 13.7. The summed E-state index contributed by atoms with van der Waals surface area (Å²) in [6.07, 6.45) is 0. The van der Waals surface area contributed by atoms with Gasteiger partial charge in [0.1, 0.15) is 6.61 Å². The minimum absolute atomic E-state index is 0.0841. The number of hydrogen-bond donors (Lipinski definition) is 1. The molecule has 2 aliphatic rings.